The molecule has 1 aliphatic heterocycles. The lowest BCUT2D eigenvalue weighted by Gasteiger charge is -2.00. The number of rotatable bonds is 7. The first-order chi connectivity index (χ1) is 5.43. The summed E-state index contributed by atoms with van der Waals surface area (Å²) in [6, 6.07) is 2.88. The van der Waals surface area contributed by atoms with Crippen molar-refractivity contribution in [1.82, 2.24) is 0 Å². The summed E-state index contributed by atoms with van der Waals surface area (Å²) in [7, 11) is 0.279. The average molecular weight is 174 g/mol. The van der Waals surface area contributed by atoms with Crippen LogP contribution < -0.4 is 0 Å². The predicted molar refractivity (Wildman–Crippen MR) is 49.0 cm³/mol. The molecule has 0 aromatic heterocycles. The van der Waals surface area contributed by atoms with E-state index in [2.05, 4.69) is 6.92 Å². The lowest BCUT2D eigenvalue weighted by Crippen LogP contribution is -2.03. The Morgan fingerprint density at radius 1 is 1.64 bits per heavy atom. The van der Waals surface area contributed by atoms with Gasteiger partial charge in [0.2, 0.25) is 0 Å². The van der Waals surface area contributed by atoms with E-state index in [1.807, 2.05) is 0 Å². The maximum atomic E-state index is 5.40. The Bertz CT molecular complexity index is 94.1. The lowest BCUT2D eigenvalue weighted by molar-refractivity contribution is 0.117. The molecule has 3 heteroatoms. The van der Waals surface area contributed by atoms with Crippen LogP contribution in [0.25, 0.3) is 0 Å². The Balaban J connectivity index is 1.66. The fraction of sp³-hybridized carbons (Fsp3) is 1.00. The first kappa shape index (κ1) is 9.23. The number of ether oxygens (including phenoxy) is 2. The van der Waals surface area contributed by atoms with Gasteiger partial charge in [-0.25, -0.2) is 0 Å². The molecule has 0 spiro atoms. The Labute approximate surface area is 71.1 Å². The quantitative estimate of drug-likeness (QED) is 0.324. The highest BCUT2D eigenvalue weighted by atomic mass is 28.2. The standard InChI is InChI=1S/C8H18O2Si/c1-2-11-5-3-4-9-6-8-7-10-8/h8H,2-7,11H2,1H3. The molecule has 0 amide bonds. The minimum absolute atomic E-state index is 0.279. The van der Waals surface area contributed by atoms with Crippen LogP contribution in [0.4, 0.5) is 0 Å². The van der Waals surface area contributed by atoms with E-state index in [-0.39, 0.29) is 9.52 Å². The third-order valence-electron chi connectivity index (χ3n) is 1.85. The zero-order chi connectivity index (χ0) is 7.94. The van der Waals surface area contributed by atoms with E-state index in [0.717, 1.165) is 19.8 Å². The number of hydrogen-bond acceptors (Lipinski definition) is 2. The van der Waals surface area contributed by atoms with Crippen LogP contribution >= 0.6 is 0 Å². The molecule has 2 nitrogen and oxygen atoms in total. The van der Waals surface area contributed by atoms with Crippen LogP contribution in [0.5, 0.6) is 0 Å². The maximum absolute atomic E-state index is 5.40. The van der Waals surface area contributed by atoms with Crippen molar-refractivity contribution in [3.8, 4) is 0 Å². The summed E-state index contributed by atoms with van der Waals surface area (Å²) in [6.07, 6.45) is 1.71. The van der Waals surface area contributed by atoms with Gasteiger partial charge >= 0.3 is 0 Å². The normalized spacial score (nSPS) is 23.2. The molecule has 0 radical (unpaired) electrons. The van der Waals surface area contributed by atoms with Gasteiger partial charge in [-0.1, -0.05) is 19.0 Å². The summed E-state index contributed by atoms with van der Waals surface area (Å²) in [4.78, 5) is 0. The van der Waals surface area contributed by atoms with E-state index in [1.165, 1.54) is 18.5 Å². The van der Waals surface area contributed by atoms with Crippen LogP contribution in [0.15, 0.2) is 0 Å². The van der Waals surface area contributed by atoms with Crippen LogP contribution in [0, 0.1) is 0 Å². The van der Waals surface area contributed by atoms with Crippen molar-refractivity contribution < 1.29 is 9.47 Å². The average Bonchev–Trinajstić information content (AvgIpc) is 2.80. The highest BCUT2D eigenvalue weighted by Gasteiger charge is 2.21. The van der Waals surface area contributed by atoms with E-state index in [9.17, 15) is 0 Å². The van der Waals surface area contributed by atoms with E-state index in [4.69, 9.17) is 9.47 Å². The van der Waals surface area contributed by atoms with E-state index < -0.39 is 0 Å². The smallest absolute Gasteiger partial charge is 0.104 e. The lowest BCUT2D eigenvalue weighted by atomic mass is 10.5. The van der Waals surface area contributed by atoms with Crippen molar-refractivity contribution in [1.29, 1.82) is 0 Å². The van der Waals surface area contributed by atoms with Gasteiger partial charge in [0.1, 0.15) is 6.10 Å². The van der Waals surface area contributed by atoms with E-state index in [1.54, 1.807) is 0 Å². The topological polar surface area (TPSA) is 21.8 Å². The van der Waals surface area contributed by atoms with Gasteiger partial charge in [0.05, 0.1) is 13.2 Å². The molecule has 1 saturated heterocycles. The van der Waals surface area contributed by atoms with Gasteiger partial charge in [0.15, 0.2) is 0 Å². The Hall–Kier alpha value is 0.137. The Morgan fingerprint density at radius 3 is 3.09 bits per heavy atom. The van der Waals surface area contributed by atoms with Crippen LogP contribution in [0.3, 0.4) is 0 Å². The molecule has 1 atom stereocenters. The minimum Gasteiger partial charge on any atom is -0.379 e. The maximum Gasteiger partial charge on any atom is 0.104 e. The minimum atomic E-state index is 0.279. The molecule has 1 rings (SSSR count). The summed E-state index contributed by atoms with van der Waals surface area (Å²) < 4.78 is 10.4. The first-order valence-corrected chi connectivity index (χ1v) is 6.63. The van der Waals surface area contributed by atoms with Gasteiger partial charge in [-0.2, -0.15) is 0 Å². The first-order valence-electron chi connectivity index (χ1n) is 4.63. The molecule has 11 heavy (non-hydrogen) atoms. The highest BCUT2D eigenvalue weighted by Crippen LogP contribution is 2.08. The molecule has 1 unspecified atom stereocenters. The van der Waals surface area contributed by atoms with E-state index >= 15 is 0 Å². The second-order valence-corrected chi connectivity index (χ2v) is 5.51. The molecule has 0 saturated carbocycles. The summed E-state index contributed by atoms with van der Waals surface area (Å²) in [5.74, 6) is 0. The van der Waals surface area contributed by atoms with Crippen LogP contribution in [-0.4, -0.2) is 35.4 Å². The predicted octanol–water partition coefficient (Wildman–Crippen LogP) is 0.817. The zero-order valence-electron chi connectivity index (χ0n) is 7.34. The Morgan fingerprint density at radius 2 is 2.45 bits per heavy atom. The van der Waals surface area contributed by atoms with Gasteiger partial charge in [0.25, 0.3) is 0 Å². The van der Waals surface area contributed by atoms with Crippen molar-refractivity contribution in [3.05, 3.63) is 0 Å². The second kappa shape index (κ2) is 5.74. The molecule has 0 bridgehead atoms. The SMILES string of the molecule is CC[SiH2]CCCOCC1CO1. The van der Waals surface area contributed by atoms with Crippen molar-refractivity contribution in [2.45, 2.75) is 31.5 Å². The molecule has 1 aliphatic rings. The molecule has 1 heterocycles. The van der Waals surface area contributed by atoms with Gasteiger partial charge in [-0.3, -0.25) is 0 Å². The van der Waals surface area contributed by atoms with Gasteiger partial charge in [0, 0.05) is 16.1 Å². The van der Waals surface area contributed by atoms with Gasteiger partial charge in [-0.05, 0) is 6.42 Å². The van der Waals surface area contributed by atoms with Crippen LogP contribution in [-0.2, 0) is 9.47 Å². The van der Waals surface area contributed by atoms with Crippen molar-refractivity contribution in [2.24, 2.45) is 0 Å². The molecule has 66 valence electrons. The molecule has 1 fully saturated rings. The van der Waals surface area contributed by atoms with Crippen molar-refractivity contribution in [3.63, 3.8) is 0 Å². The van der Waals surface area contributed by atoms with Gasteiger partial charge in [-0.15, -0.1) is 0 Å². The van der Waals surface area contributed by atoms with Gasteiger partial charge < -0.3 is 9.47 Å². The monoisotopic (exact) mass is 174 g/mol. The molecular weight excluding hydrogens is 156 g/mol. The highest BCUT2D eigenvalue weighted by molar-refractivity contribution is 6.35. The fourth-order valence-corrected chi connectivity index (χ4v) is 2.07. The summed E-state index contributed by atoms with van der Waals surface area (Å²) in [5, 5.41) is 0. The zero-order valence-corrected chi connectivity index (χ0v) is 8.76. The number of epoxide rings is 1. The van der Waals surface area contributed by atoms with Crippen molar-refractivity contribution >= 4 is 9.52 Å². The second-order valence-electron chi connectivity index (χ2n) is 3.09. The van der Waals surface area contributed by atoms with E-state index in [0.29, 0.717) is 6.10 Å². The molecule has 0 aromatic rings. The largest absolute Gasteiger partial charge is 0.379 e. The fourth-order valence-electron chi connectivity index (χ4n) is 1.01. The molecular formula is C8H18O2Si. The summed E-state index contributed by atoms with van der Waals surface area (Å²) >= 11 is 0. The molecule has 0 aromatic carbocycles. The third-order valence-corrected chi connectivity index (χ3v) is 3.56. The summed E-state index contributed by atoms with van der Waals surface area (Å²) in [6.45, 7) is 4.98. The van der Waals surface area contributed by atoms with Crippen molar-refractivity contribution in [2.75, 3.05) is 19.8 Å². The van der Waals surface area contributed by atoms with Crippen LogP contribution in [0.2, 0.25) is 12.1 Å². The molecule has 0 aliphatic carbocycles. The van der Waals surface area contributed by atoms with Crippen LogP contribution in [0.1, 0.15) is 13.3 Å². The summed E-state index contributed by atoms with van der Waals surface area (Å²) in [5.41, 5.74) is 0. The number of hydrogen-bond donors (Lipinski definition) is 0. The Kier molecular flexibility index (Phi) is 4.82. The molecule has 0 N–H and O–H groups in total. The third kappa shape index (κ3) is 5.41.